The van der Waals surface area contributed by atoms with Crippen LogP contribution in [0.3, 0.4) is 0 Å². The first-order valence-corrected chi connectivity index (χ1v) is 8.91. The zero-order valence-electron chi connectivity index (χ0n) is 14.3. The summed E-state index contributed by atoms with van der Waals surface area (Å²) in [6, 6.07) is 11.7. The van der Waals surface area contributed by atoms with Crippen LogP contribution in [0.2, 0.25) is 5.02 Å². The quantitative estimate of drug-likeness (QED) is 0.564. The van der Waals surface area contributed by atoms with Crippen molar-refractivity contribution in [2.45, 2.75) is 6.54 Å². The number of benzene rings is 1. The summed E-state index contributed by atoms with van der Waals surface area (Å²) in [5, 5.41) is 5.03. The topological polar surface area (TPSA) is 75.0 Å². The Bertz CT molecular complexity index is 911. The lowest BCUT2D eigenvalue weighted by Gasteiger charge is -2.36. The molecule has 1 aliphatic heterocycles. The molecule has 4 rings (SSSR count). The van der Waals surface area contributed by atoms with Crippen molar-refractivity contribution in [2.24, 2.45) is 10.7 Å². The minimum atomic E-state index is 0.476. The normalized spacial score (nSPS) is 15.7. The van der Waals surface area contributed by atoms with Gasteiger partial charge in [0, 0.05) is 49.2 Å². The van der Waals surface area contributed by atoms with Crippen LogP contribution in [0.5, 0.6) is 0 Å². The molecular weight excluding hydrogens is 350 g/mol. The third-order valence-electron chi connectivity index (χ3n) is 4.57. The monoisotopic (exact) mass is 369 g/mol. The molecule has 0 atom stereocenters. The summed E-state index contributed by atoms with van der Waals surface area (Å²) in [4.78, 5) is 13.3. The molecule has 2 N–H and O–H groups in total. The van der Waals surface area contributed by atoms with Crippen LogP contribution in [0.15, 0.2) is 53.8 Å². The number of halogens is 1. The second-order valence-corrected chi connectivity index (χ2v) is 6.60. The van der Waals surface area contributed by atoms with Gasteiger partial charge in [-0.25, -0.2) is 14.5 Å². The number of hydrogen-bond acceptors (Lipinski definition) is 4. The molecule has 0 amide bonds. The fourth-order valence-corrected chi connectivity index (χ4v) is 3.24. The second-order valence-electron chi connectivity index (χ2n) is 6.16. The van der Waals surface area contributed by atoms with E-state index in [0.717, 1.165) is 42.5 Å². The summed E-state index contributed by atoms with van der Waals surface area (Å²) < 4.78 is 1.79. The molecule has 7 nitrogen and oxygen atoms in total. The van der Waals surface area contributed by atoms with Crippen molar-refractivity contribution in [3.05, 3.63) is 59.5 Å². The average Bonchev–Trinajstić information content (AvgIpc) is 3.16. The van der Waals surface area contributed by atoms with Gasteiger partial charge in [0.15, 0.2) is 11.6 Å². The summed E-state index contributed by atoms with van der Waals surface area (Å²) >= 11 is 5.96. The number of piperazine rings is 1. The first-order chi connectivity index (χ1) is 12.7. The molecule has 0 saturated carbocycles. The molecule has 1 fully saturated rings. The standard InChI is InChI=1S/C18H20ClN7/c19-14-1-3-15(4-2-14)24-9-11-25(12-10-24)18(20)22-13-16-5-7-21-17-6-8-23-26(16)17/h1-8H,9-13H2,(H2,20,22). The Hall–Kier alpha value is -2.80. The number of nitrogens with two attached hydrogens (primary N) is 1. The van der Waals surface area contributed by atoms with Crippen molar-refractivity contribution in [3.8, 4) is 0 Å². The predicted octanol–water partition coefficient (Wildman–Crippen LogP) is 2.02. The van der Waals surface area contributed by atoms with Crippen LogP contribution >= 0.6 is 11.6 Å². The van der Waals surface area contributed by atoms with Gasteiger partial charge in [0.1, 0.15) is 0 Å². The maximum absolute atomic E-state index is 6.21. The predicted molar refractivity (Wildman–Crippen MR) is 104 cm³/mol. The van der Waals surface area contributed by atoms with Gasteiger partial charge in [-0.2, -0.15) is 5.10 Å². The number of hydrogen-bond donors (Lipinski definition) is 1. The maximum Gasteiger partial charge on any atom is 0.191 e. The molecule has 1 aromatic carbocycles. The van der Waals surface area contributed by atoms with Gasteiger partial charge in [-0.05, 0) is 30.3 Å². The largest absolute Gasteiger partial charge is 0.370 e. The molecule has 26 heavy (non-hydrogen) atoms. The molecule has 0 bridgehead atoms. The van der Waals surface area contributed by atoms with Crippen LogP contribution in [-0.4, -0.2) is 51.6 Å². The van der Waals surface area contributed by atoms with Gasteiger partial charge in [0.2, 0.25) is 0 Å². The number of anilines is 1. The van der Waals surface area contributed by atoms with Gasteiger partial charge in [-0.15, -0.1) is 0 Å². The van der Waals surface area contributed by atoms with Crippen molar-refractivity contribution in [3.63, 3.8) is 0 Å². The second kappa shape index (κ2) is 7.21. The summed E-state index contributed by atoms with van der Waals surface area (Å²) in [6.07, 6.45) is 3.50. The van der Waals surface area contributed by atoms with Crippen molar-refractivity contribution in [2.75, 3.05) is 31.1 Å². The maximum atomic E-state index is 6.21. The van der Waals surface area contributed by atoms with Crippen molar-refractivity contribution < 1.29 is 0 Å². The molecule has 1 saturated heterocycles. The number of rotatable bonds is 3. The highest BCUT2D eigenvalue weighted by atomic mass is 35.5. The summed E-state index contributed by atoms with van der Waals surface area (Å²) in [5.74, 6) is 0.567. The minimum absolute atomic E-state index is 0.476. The van der Waals surface area contributed by atoms with E-state index in [1.165, 1.54) is 5.69 Å². The van der Waals surface area contributed by atoms with E-state index in [1.54, 1.807) is 16.9 Å². The lowest BCUT2D eigenvalue weighted by molar-refractivity contribution is 0.380. The Kier molecular flexibility index (Phi) is 4.62. The van der Waals surface area contributed by atoms with Crippen molar-refractivity contribution in [1.29, 1.82) is 0 Å². The van der Waals surface area contributed by atoms with E-state index >= 15 is 0 Å². The van der Waals surface area contributed by atoms with Crippen LogP contribution in [0.25, 0.3) is 5.65 Å². The van der Waals surface area contributed by atoms with Gasteiger partial charge in [-0.3, -0.25) is 0 Å². The highest BCUT2D eigenvalue weighted by Crippen LogP contribution is 2.19. The van der Waals surface area contributed by atoms with E-state index in [4.69, 9.17) is 17.3 Å². The van der Waals surface area contributed by atoms with Gasteiger partial charge in [0.05, 0.1) is 18.4 Å². The van der Waals surface area contributed by atoms with Crippen LogP contribution in [0, 0.1) is 0 Å². The molecule has 0 spiro atoms. The van der Waals surface area contributed by atoms with Gasteiger partial charge >= 0.3 is 0 Å². The first-order valence-electron chi connectivity index (χ1n) is 8.54. The molecule has 1 aliphatic rings. The van der Waals surface area contributed by atoms with Gasteiger partial charge in [-0.1, -0.05) is 11.6 Å². The summed E-state index contributed by atoms with van der Waals surface area (Å²) in [6.45, 7) is 3.95. The molecular formula is C18H20ClN7. The molecule has 8 heteroatoms. The first kappa shape index (κ1) is 16.7. The summed E-state index contributed by atoms with van der Waals surface area (Å²) in [5.41, 5.74) is 9.17. The lowest BCUT2D eigenvalue weighted by Crippen LogP contribution is -2.51. The minimum Gasteiger partial charge on any atom is -0.370 e. The Balaban J connectivity index is 1.38. The fraction of sp³-hybridized carbons (Fsp3) is 0.278. The van der Waals surface area contributed by atoms with Crippen LogP contribution < -0.4 is 10.6 Å². The number of nitrogens with zero attached hydrogens (tertiary/aromatic N) is 6. The molecule has 134 valence electrons. The molecule has 3 heterocycles. The fourth-order valence-electron chi connectivity index (χ4n) is 3.11. The SMILES string of the molecule is NC(=NCc1ccnc2ccnn12)N1CCN(c2ccc(Cl)cc2)CC1. The third-order valence-corrected chi connectivity index (χ3v) is 4.82. The number of aliphatic imine (C=N–C) groups is 1. The number of fused-ring (bicyclic) bond motifs is 1. The number of aromatic nitrogens is 3. The Morgan fingerprint density at radius 2 is 1.81 bits per heavy atom. The smallest absolute Gasteiger partial charge is 0.191 e. The van der Waals surface area contributed by atoms with Crippen LogP contribution in [0.1, 0.15) is 5.69 Å². The zero-order valence-corrected chi connectivity index (χ0v) is 15.0. The van der Waals surface area contributed by atoms with E-state index < -0.39 is 0 Å². The van der Waals surface area contributed by atoms with E-state index in [1.807, 2.05) is 36.4 Å². The average molecular weight is 370 g/mol. The van der Waals surface area contributed by atoms with E-state index in [2.05, 4.69) is 24.9 Å². The highest BCUT2D eigenvalue weighted by Gasteiger charge is 2.18. The Morgan fingerprint density at radius 3 is 2.58 bits per heavy atom. The molecule has 3 aromatic rings. The van der Waals surface area contributed by atoms with E-state index in [9.17, 15) is 0 Å². The Labute approximate surface area is 156 Å². The van der Waals surface area contributed by atoms with Crippen LogP contribution in [-0.2, 0) is 6.54 Å². The molecule has 0 radical (unpaired) electrons. The molecule has 2 aromatic heterocycles. The Morgan fingerprint density at radius 1 is 1.04 bits per heavy atom. The summed E-state index contributed by atoms with van der Waals surface area (Å²) in [7, 11) is 0. The van der Waals surface area contributed by atoms with E-state index in [-0.39, 0.29) is 0 Å². The zero-order chi connectivity index (χ0) is 17.9. The lowest BCUT2D eigenvalue weighted by atomic mass is 10.2. The van der Waals surface area contributed by atoms with Crippen LogP contribution in [0.4, 0.5) is 5.69 Å². The van der Waals surface area contributed by atoms with Gasteiger partial charge < -0.3 is 15.5 Å². The molecule has 0 aliphatic carbocycles. The van der Waals surface area contributed by atoms with Gasteiger partial charge in [0.25, 0.3) is 0 Å². The highest BCUT2D eigenvalue weighted by molar-refractivity contribution is 6.30. The van der Waals surface area contributed by atoms with Crippen molar-refractivity contribution >= 4 is 28.9 Å². The molecule has 0 unspecified atom stereocenters. The third kappa shape index (κ3) is 3.43. The van der Waals surface area contributed by atoms with Crippen molar-refractivity contribution in [1.82, 2.24) is 19.5 Å². The number of guanidine groups is 1. The van der Waals surface area contributed by atoms with E-state index in [0.29, 0.717) is 12.5 Å².